The summed E-state index contributed by atoms with van der Waals surface area (Å²) in [6, 6.07) is 0. The van der Waals surface area contributed by atoms with Crippen molar-refractivity contribution in [3.8, 4) is 0 Å². The molecule has 1 saturated carbocycles. The highest BCUT2D eigenvalue weighted by molar-refractivity contribution is 5.66. The molecule has 0 aromatic heterocycles. The van der Waals surface area contributed by atoms with Crippen LogP contribution in [0.15, 0.2) is 0 Å². The summed E-state index contributed by atoms with van der Waals surface area (Å²) < 4.78 is 17.7. The maximum absolute atomic E-state index is 11.4. The second-order valence-electron chi connectivity index (χ2n) is 7.88. The summed E-state index contributed by atoms with van der Waals surface area (Å²) in [5, 5.41) is 0. The number of carbonyl (C=O) groups excluding carboxylic acids is 1. The Morgan fingerprint density at radius 2 is 1.91 bits per heavy atom. The molecule has 2 bridgehead atoms. The molecule has 4 saturated heterocycles. The highest BCUT2D eigenvalue weighted by Crippen LogP contribution is 2.60. The zero-order valence-electron chi connectivity index (χ0n) is 14.2. The monoisotopic (exact) mass is 326 g/mol. The lowest BCUT2D eigenvalue weighted by Gasteiger charge is -2.59. The van der Waals surface area contributed by atoms with Crippen molar-refractivity contribution >= 4 is 5.97 Å². The molecule has 0 aromatic carbocycles. The highest BCUT2D eigenvalue weighted by atomic mass is 17.3. The first kappa shape index (κ1) is 15.8. The average molecular weight is 326 g/mol. The van der Waals surface area contributed by atoms with Crippen LogP contribution in [0, 0.1) is 23.7 Å². The van der Waals surface area contributed by atoms with Gasteiger partial charge in [-0.25, -0.2) is 9.78 Å². The molecule has 4 aliphatic heterocycles. The van der Waals surface area contributed by atoms with E-state index in [4.69, 9.17) is 24.0 Å². The molecule has 6 heteroatoms. The van der Waals surface area contributed by atoms with Crippen LogP contribution in [0.3, 0.4) is 0 Å². The van der Waals surface area contributed by atoms with Gasteiger partial charge in [-0.05, 0) is 38.0 Å². The quantitative estimate of drug-likeness (QED) is 0.545. The first-order chi connectivity index (χ1) is 10.9. The normalized spacial score (nSPS) is 55.0. The van der Waals surface area contributed by atoms with Gasteiger partial charge in [-0.15, -0.1) is 0 Å². The molecule has 0 N–H and O–H groups in total. The lowest BCUT2D eigenvalue weighted by Crippen LogP contribution is -2.70. The van der Waals surface area contributed by atoms with E-state index in [1.54, 1.807) is 0 Å². The number of rotatable bonds is 1. The van der Waals surface area contributed by atoms with Gasteiger partial charge in [-0.2, -0.15) is 0 Å². The summed E-state index contributed by atoms with van der Waals surface area (Å²) in [4.78, 5) is 23.2. The summed E-state index contributed by atoms with van der Waals surface area (Å²) in [5.41, 5.74) is -0.594. The number of ether oxygens (including phenoxy) is 3. The van der Waals surface area contributed by atoms with E-state index in [9.17, 15) is 4.79 Å². The molecule has 0 amide bonds. The summed E-state index contributed by atoms with van der Waals surface area (Å²) in [6.07, 6.45) is 2.78. The van der Waals surface area contributed by atoms with E-state index in [2.05, 4.69) is 13.8 Å². The maximum Gasteiger partial charge on any atom is 0.304 e. The molecule has 5 aliphatic rings. The number of hydrogen-bond acceptors (Lipinski definition) is 6. The van der Waals surface area contributed by atoms with Crippen molar-refractivity contribution in [1.82, 2.24) is 0 Å². The van der Waals surface area contributed by atoms with Crippen LogP contribution in [0.5, 0.6) is 0 Å². The molecule has 0 aromatic rings. The molecule has 8 atom stereocenters. The molecule has 5 fully saturated rings. The van der Waals surface area contributed by atoms with E-state index >= 15 is 0 Å². The van der Waals surface area contributed by atoms with Crippen LogP contribution in [0.2, 0.25) is 0 Å². The Balaban J connectivity index is 1.74. The van der Waals surface area contributed by atoms with Crippen molar-refractivity contribution in [2.24, 2.45) is 23.7 Å². The van der Waals surface area contributed by atoms with Gasteiger partial charge in [0.05, 0.1) is 0 Å². The Bertz CT molecular complexity index is 509. The Morgan fingerprint density at radius 1 is 1.13 bits per heavy atom. The number of carbonyl (C=O) groups is 1. The lowest BCUT2D eigenvalue weighted by atomic mass is 9.58. The van der Waals surface area contributed by atoms with Gasteiger partial charge in [-0.1, -0.05) is 13.8 Å². The van der Waals surface area contributed by atoms with Crippen molar-refractivity contribution in [2.45, 2.75) is 77.3 Å². The van der Waals surface area contributed by atoms with Crippen molar-refractivity contribution in [1.29, 1.82) is 0 Å². The third-order valence-corrected chi connectivity index (χ3v) is 6.38. The molecular formula is C17H26O6. The second-order valence-corrected chi connectivity index (χ2v) is 7.88. The average Bonchev–Trinajstić information content (AvgIpc) is 2.70. The van der Waals surface area contributed by atoms with Crippen LogP contribution in [0.25, 0.3) is 0 Å². The fraction of sp³-hybridized carbons (Fsp3) is 0.941. The van der Waals surface area contributed by atoms with Gasteiger partial charge in [0.25, 0.3) is 0 Å². The van der Waals surface area contributed by atoms with Crippen LogP contribution in [-0.2, 0) is 28.8 Å². The molecule has 1 aliphatic carbocycles. The standard InChI is InChI=1S/C17H26O6/c1-9-5-6-13-10(2)14(19-11(3)18)20-15-17(13)12(9)7-8-16(4,21-15)22-23-17/h9-10,12-15H,5-8H2,1-4H3/t9-,10-,12+,13?,14?,15-,16+,17?/m1/s1. The molecule has 6 nitrogen and oxygen atoms in total. The number of esters is 1. The van der Waals surface area contributed by atoms with E-state index in [0.717, 1.165) is 25.7 Å². The zero-order chi connectivity index (χ0) is 16.4. The first-order valence-corrected chi connectivity index (χ1v) is 8.73. The van der Waals surface area contributed by atoms with E-state index < -0.39 is 24.0 Å². The van der Waals surface area contributed by atoms with E-state index in [0.29, 0.717) is 11.8 Å². The van der Waals surface area contributed by atoms with Crippen LogP contribution >= 0.6 is 0 Å². The van der Waals surface area contributed by atoms with Gasteiger partial charge in [0, 0.05) is 25.2 Å². The fourth-order valence-electron chi connectivity index (χ4n) is 5.17. The van der Waals surface area contributed by atoms with Crippen molar-refractivity contribution in [3.63, 3.8) is 0 Å². The van der Waals surface area contributed by atoms with E-state index in [1.165, 1.54) is 6.92 Å². The van der Waals surface area contributed by atoms with Crippen LogP contribution in [0.1, 0.15) is 53.4 Å². The van der Waals surface area contributed by atoms with Crippen LogP contribution in [0.4, 0.5) is 0 Å². The minimum atomic E-state index is -0.793. The molecule has 0 radical (unpaired) electrons. The lowest BCUT2D eigenvalue weighted by molar-refractivity contribution is -0.576. The molecular weight excluding hydrogens is 300 g/mol. The molecule has 1 spiro atoms. The van der Waals surface area contributed by atoms with Crippen molar-refractivity contribution < 1.29 is 28.8 Å². The SMILES string of the molecule is CC(=O)OC1O[C@@H]2O[C@]3(C)CC[C@H]4[C@H](C)CCC([C@H]1C)C24OO3. The molecule has 23 heavy (non-hydrogen) atoms. The Morgan fingerprint density at radius 3 is 2.65 bits per heavy atom. The van der Waals surface area contributed by atoms with Crippen molar-refractivity contribution in [3.05, 3.63) is 0 Å². The van der Waals surface area contributed by atoms with Crippen LogP contribution in [-0.4, -0.2) is 29.9 Å². The van der Waals surface area contributed by atoms with Gasteiger partial charge < -0.3 is 14.2 Å². The first-order valence-electron chi connectivity index (χ1n) is 8.73. The van der Waals surface area contributed by atoms with Gasteiger partial charge in [0.2, 0.25) is 12.1 Å². The summed E-state index contributed by atoms with van der Waals surface area (Å²) in [6.45, 7) is 7.64. The summed E-state index contributed by atoms with van der Waals surface area (Å²) >= 11 is 0. The third-order valence-electron chi connectivity index (χ3n) is 6.38. The van der Waals surface area contributed by atoms with Gasteiger partial charge >= 0.3 is 5.97 Å². The number of fused-ring (bicyclic) bond motifs is 2. The summed E-state index contributed by atoms with van der Waals surface area (Å²) in [7, 11) is 0. The summed E-state index contributed by atoms with van der Waals surface area (Å²) in [5.74, 6) is -0.0347. The topological polar surface area (TPSA) is 63.2 Å². The van der Waals surface area contributed by atoms with E-state index in [-0.39, 0.29) is 17.8 Å². The minimum Gasteiger partial charge on any atom is -0.436 e. The maximum atomic E-state index is 11.4. The molecule has 4 heterocycles. The fourth-order valence-corrected chi connectivity index (χ4v) is 5.17. The molecule has 130 valence electrons. The molecule has 3 unspecified atom stereocenters. The predicted octanol–water partition coefficient (Wildman–Crippen LogP) is 2.76. The predicted molar refractivity (Wildman–Crippen MR) is 78.6 cm³/mol. The van der Waals surface area contributed by atoms with E-state index in [1.807, 2.05) is 6.92 Å². The zero-order valence-corrected chi connectivity index (χ0v) is 14.2. The Hall–Kier alpha value is -0.690. The third kappa shape index (κ3) is 2.18. The van der Waals surface area contributed by atoms with Gasteiger partial charge in [0.15, 0.2) is 11.9 Å². The second kappa shape index (κ2) is 5.15. The minimum absolute atomic E-state index is 0.0415. The Labute approximate surface area is 136 Å². The smallest absolute Gasteiger partial charge is 0.304 e. The Kier molecular flexibility index (Phi) is 3.54. The number of hydrogen-bond donors (Lipinski definition) is 0. The van der Waals surface area contributed by atoms with Gasteiger partial charge in [0.1, 0.15) is 0 Å². The van der Waals surface area contributed by atoms with Crippen molar-refractivity contribution in [2.75, 3.05) is 0 Å². The van der Waals surface area contributed by atoms with Crippen LogP contribution < -0.4 is 0 Å². The molecule has 5 rings (SSSR count). The highest BCUT2D eigenvalue weighted by Gasteiger charge is 2.69. The van der Waals surface area contributed by atoms with Gasteiger partial charge in [-0.3, -0.25) is 4.79 Å². The largest absolute Gasteiger partial charge is 0.436 e.